The molecule has 0 bridgehead atoms. The summed E-state index contributed by atoms with van der Waals surface area (Å²) in [7, 11) is 0. The summed E-state index contributed by atoms with van der Waals surface area (Å²) in [5.41, 5.74) is 1.03. The third-order valence-electron chi connectivity index (χ3n) is 4.29. The van der Waals surface area contributed by atoms with E-state index in [4.69, 9.17) is 41.9 Å². The Morgan fingerprint density at radius 2 is 1.93 bits per heavy atom. The number of hydrogen-bond donors (Lipinski definition) is 1. The molecular formula is C20H16Cl2N2O5. The number of rotatable bonds is 6. The zero-order valence-corrected chi connectivity index (χ0v) is 16.8. The summed E-state index contributed by atoms with van der Waals surface area (Å²) in [6.45, 7) is 2.38. The zero-order chi connectivity index (χ0) is 20.4. The molecule has 4 rings (SSSR count). The van der Waals surface area contributed by atoms with Crippen molar-refractivity contribution in [2.45, 2.75) is 6.92 Å². The molecule has 0 atom stereocenters. The van der Waals surface area contributed by atoms with Crippen LogP contribution in [0.25, 0.3) is 11.3 Å². The molecule has 3 aromatic rings. The summed E-state index contributed by atoms with van der Waals surface area (Å²) in [6, 6.07) is 10.4. The number of carbonyl (C=O) groups excluding carboxylic acids is 1. The molecule has 0 spiro atoms. The summed E-state index contributed by atoms with van der Waals surface area (Å²) >= 11 is 12.5. The number of aryl methyl sites for hydroxylation is 1. The number of benzene rings is 2. The van der Waals surface area contributed by atoms with Crippen LogP contribution in [0.15, 0.2) is 40.9 Å². The third-order valence-corrected chi connectivity index (χ3v) is 4.92. The predicted molar refractivity (Wildman–Crippen MR) is 107 cm³/mol. The number of hydrogen-bond acceptors (Lipinski definition) is 6. The SMILES string of the molecule is Cc1onc(-c2c(Cl)cccc2Cl)c1C(=O)NCCOc1ccc2c(c1)OCO2. The lowest BCUT2D eigenvalue weighted by Gasteiger charge is -2.09. The van der Waals surface area contributed by atoms with Crippen molar-refractivity contribution >= 4 is 29.1 Å². The van der Waals surface area contributed by atoms with Gasteiger partial charge in [-0.3, -0.25) is 4.79 Å². The number of amides is 1. The highest BCUT2D eigenvalue weighted by Crippen LogP contribution is 2.37. The molecule has 1 aromatic heterocycles. The molecule has 150 valence electrons. The predicted octanol–water partition coefficient (Wildman–Crippen LogP) is 4.49. The molecule has 9 heteroatoms. The number of ether oxygens (including phenoxy) is 3. The molecule has 1 N–H and O–H groups in total. The molecule has 7 nitrogen and oxygen atoms in total. The van der Waals surface area contributed by atoms with E-state index in [-0.39, 0.29) is 31.4 Å². The van der Waals surface area contributed by atoms with Crippen molar-refractivity contribution in [1.82, 2.24) is 10.5 Å². The monoisotopic (exact) mass is 434 g/mol. The molecule has 29 heavy (non-hydrogen) atoms. The third kappa shape index (κ3) is 3.97. The van der Waals surface area contributed by atoms with E-state index >= 15 is 0 Å². The molecule has 1 amide bonds. The van der Waals surface area contributed by atoms with Gasteiger partial charge in [0.05, 0.1) is 16.6 Å². The molecule has 2 aromatic carbocycles. The zero-order valence-electron chi connectivity index (χ0n) is 15.3. The van der Waals surface area contributed by atoms with Crippen LogP contribution >= 0.6 is 23.2 Å². The Balaban J connectivity index is 1.41. The van der Waals surface area contributed by atoms with Crippen LogP contribution in [0.4, 0.5) is 0 Å². The second kappa shape index (κ2) is 8.23. The van der Waals surface area contributed by atoms with E-state index in [2.05, 4.69) is 10.5 Å². The second-order valence-electron chi connectivity index (χ2n) is 6.18. The van der Waals surface area contributed by atoms with Gasteiger partial charge in [-0.05, 0) is 31.2 Å². The minimum atomic E-state index is -0.357. The fraction of sp³-hybridized carbons (Fsp3) is 0.200. The molecule has 0 aliphatic carbocycles. The fourth-order valence-corrected chi connectivity index (χ4v) is 3.50. The number of halogens is 2. The van der Waals surface area contributed by atoms with Crippen LogP contribution in [-0.4, -0.2) is 31.0 Å². The average molecular weight is 435 g/mol. The van der Waals surface area contributed by atoms with Crippen molar-refractivity contribution in [3.05, 3.63) is 57.8 Å². The van der Waals surface area contributed by atoms with Gasteiger partial charge in [-0.2, -0.15) is 0 Å². The van der Waals surface area contributed by atoms with Crippen LogP contribution < -0.4 is 19.5 Å². The highest BCUT2D eigenvalue weighted by atomic mass is 35.5. The van der Waals surface area contributed by atoms with Crippen molar-refractivity contribution in [1.29, 1.82) is 0 Å². The molecule has 1 aliphatic rings. The lowest BCUT2D eigenvalue weighted by Crippen LogP contribution is -2.28. The number of nitrogens with one attached hydrogen (secondary N) is 1. The maximum Gasteiger partial charge on any atom is 0.257 e. The van der Waals surface area contributed by atoms with Gasteiger partial charge in [0.1, 0.15) is 29.4 Å². The van der Waals surface area contributed by atoms with Crippen LogP contribution in [-0.2, 0) is 0 Å². The molecule has 0 saturated heterocycles. The summed E-state index contributed by atoms with van der Waals surface area (Å²) in [6.07, 6.45) is 0. The molecule has 2 heterocycles. The topological polar surface area (TPSA) is 82.8 Å². The molecule has 0 saturated carbocycles. The van der Waals surface area contributed by atoms with Crippen LogP contribution in [0.3, 0.4) is 0 Å². The molecule has 1 aliphatic heterocycles. The number of fused-ring (bicyclic) bond motifs is 1. The lowest BCUT2D eigenvalue weighted by atomic mass is 10.1. The van der Waals surface area contributed by atoms with Gasteiger partial charge in [-0.1, -0.05) is 34.4 Å². The Morgan fingerprint density at radius 1 is 1.17 bits per heavy atom. The van der Waals surface area contributed by atoms with Gasteiger partial charge in [0.2, 0.25) is 6.79 Å². The van der Waals surface area contributed by atoms with Crippen molar-refractivity contribution in [3.8, 4) is 28.5 Å². The Kier molecular flexibility index (Phi) is 5.51. The van der Waals surface area contributed by atoms with Gasteiger partial charge in [0, 0.05) is 11.6 Å². The van der Waals surface area contributed by atoms with Gasteiger partial charge in [-0.25, -0.2) is 0 Å². The largest absolute Gasteiger partial charge is 0.492 e. The van der Waals surface area contributed by atoms with Crippen LogP contribution in [0.2, 0.25) is 10.0 Å². The minimum absolute atomic E-state index is 0.199. The molecule has 0 unspecified atom stereocenters. The van der Waals surface area contributed by atoms with E-state index in [1.54, 1.807) is 43.3 Å². The van der Waals surface area contributed by atoms with E-state index in [1.165, 1.54) is 0 Å². The molecule has 0 radical (unpaired) electrons. The van der Waals surface area contributed by atoms with Crippen molar-refractivity contribution in [3.63, 3.8) is 0 Å². The summed E-state index contributed by atoms with van der Waals surface area (Å²) in [4.78, 5) is 12.7. The fourth-order valence-electron chi connectivity index (χ4n) is 2.92. The Bertz CT molecular complexity index is 1050. The van der Waals surface area contributed by atoms with Gasteiger partial charge in [0.25, 0.3) is 5.91 Å². The Morgan fingerprint density at radius 3 is 2.72 bits per heavy atom. The van der Waals surface area contributed by atoms with Crippen molar-refractivity contribution in [2.75, 3.05) is 19.9 Å². The van der Waals surface area contributed by atoms with E-state index in [9.17, 15) is 4.79 Å². The highest BCUT2D eigenvalue weighted by Gasteiger charge is 2.24. The van der Waals surface area contributed by atoms with E-state index in [1.807, 2.05) is 0 Å². The average Bonchev–Trinajstić information content (AvgIpc) is 3.31. The second-order valence-corrected chi connectivity index (χ2v) is 6.99. The van der Waals surface area contributed by atoms with Crippen LogP contribution in [0.1, 0.15) is 16.1 Å². The van der Waals surface area contributed by atoms with E-state index < -0.39 is 0 Å². The highest BCUT2D eigenvalue weighted by molar-refractivity contribution is 6.39. The maximum absolute atomic E-state index is 12.7. The summed E-state index contributed by atoms with van der Waals surface area (Å²) in [5, 5.41) is 7.53. The first-order valence-corrected chi connectivity index (χ1v) is 9.51. The van der Waals surface area contributed by atoms with E-state index in [0.29, 0.717) is 44.3 Å². The van der Waals surface area contributed by atoms with Crippen LogP contribution in [0.5, 0.6) is 17.2 Å². The summed E-state index contributed by atoms with van der Waals surface area (Å²) < 4.78 is 21.4. The normalized spacial score (nSPS) is 12.1. The first-order chi connectivity index (χ1) is 14.0. The number of carbonyl (C=O) groups is 1. The van der Waals surface area contributed by atoms with Crippen molar-refractivity contribution in [2.24, 2.45) is 0 Å². The van der Waals surface area contributed by atoms with E-state index in [0.717, 1.165) is 0 Å². The molecular weight excluding hydrogens is 419 g/mol. The van der Waals surface area contributed by atoms with Crippen molar-refractivity contribution < 1.29 is 23.5 Å². The maximum atomic E-state index is 12.7. The lowest BCUT2D eigenvalue weighted by molar-refractivity contribution is 0.0946. The summed E-state index contributed by atoms with van der Waals surface area (Å²) in [5.74, 6) is 1.94. The van der Waals surface area contributed by atoms with Gasteiger partial charge < -0.3 is 24.1 Å². The smallest absolute Gasteiger partial charge is 0.257 e. The van der Waals surface area contributed by atoms with Gasteiger partial charge in [-0.15, -0.1) is 0 Å². The standard InChI is InChI=1S/C20H16Cl2N2O5/c1-11-17(19(24-29-11)18-13(21)3-2-4-14(18)22)20(25)23-7-8-26-12-5-6-15-16(9-12)28-10-27-15/h2-6,9H,7-8,10H2,1H3,(H,23,25). The van der Waals surface area contributed by atoms with Crippen LogP contribution in [0, 0.1) is 6.92 Å². The first kappa shape index (κ1) is 19.4. The minimum Gasteiger partial charge on any atom is -0.492 e. The Labute approximate surface area is 176 Å². The van der Waals surface area contributed by atoms with Gasteiger partial charge >= 0.3 is 0 Å². The number of nitrogens with zero attached hydrogens (tertiary/aromatic N) is 1. The van der Waals surface area contributed by atoms with Gasteiger partial charge in [0.15, 0.2) is 11.5 Å². The number of aromatic nitrogens is 1. The first-order valence-electron chi connectivity index (χ1n) is 8.76. The Hall–Kier alpha value is -2.90. The quantitative estimate of drug-likeness (QED) is 0.575. The molecule has 0 fully saturated rings.